The molecule has 0 spiro atoms. The molecule has 0 amide bonds. The third-order valence-corrected chi connectivity index (χ3v) is 4.35. The normalized spacial score (nSPS) is 26.9. The molecule has 0 bridgehead atoms. The van der Waals surface area contributed by atoms with Gasteiger partial charge in [-0.1, -0.05) is 13.8 Å². The molecule has 1 heterocycles. The molecule has 0 radical (unpaired) electrons. The lowest BCUT2D eigenvalue weighted by atomic mass is 9.94. The van der Waals surface area contributed by atoms with Crippen LogP contribution in [0.2, 0.25) is 0 Å². The largest absolute Gasteiger partial charge is 0.481 e. The number of carboxylic acids is 1. The van der Waals surface area contributed by atoms with Gasteiger partial charge < -0.3 is 5.11 Å². The molecule has 7 heteroatoms. The standard InChI is InChI=1S/C10H20N2O4S/c1-8-5-9(2)7-12(6-8)17(15,16)11-4-3-10(13)14/h8-9,11H,3-7H2,1-2H3,(H,13,14). The molecule has 1 aliphatic rings. The van der Waals surface area contributed by atoms with Crippen molar-refractivity contribution in [1.29, 1.82) is 0 Å². The van der Waals surface area contributed by atoms with E-state index in [1.54, 1.807) is 0 Å². The molecule has 0 aromatic carbocycles. The van der Waals surface area contributed by atoms with Crippen molar-refractivity contribution in [2.75, 3.05) is 19.6 Å². The predicted molar refractivity (Wildman–Crippen MR) is 63.7 cm³/mol. The first kappa shape index (κ1) is 14.4. The molecule has 1 saturated heterocycles. The lowest BCUT2D eigenvalue weighted by Gasteiger charge is -2.33. The van der Waals surface area contributed by atoms with Gasteiger partial charge in [0.05, 0.1) is 6.42 Å². The minimum absolute atomic E-state index is 0.0586. The van der Waals surface area contributed by atoms with Crippen LogP contribution in [0.3, 0.4) is 0 Å². The first-order valence-electron chi connectivity index (χ1n) is 5.78. The number of nitrogens with one attached hydrogen (secondary N) is 1. The highest BCUT2D eigenvalue weighted by molar-refractivity contribution is 7.87. The second kappa shape index (κ2) is 5.79. The molecule has 2 unspecified atom stereocenters. The molecule has 1 fully saturated rings. The van der Waals surface area contributed by atoms with E-state index in [4.69, 9.17) is 5.11 Å². The van der Waals surface area contributed by atoms with Gasteiger partial charge >= 0.3 is 5.97 Å². The number of rotatable bonds is 5. The summed E-state index contributed by atoms with van der Waals surface area (Å²) in [6.07, 6.45) is 0.833. The minimum atomic E-state index is -3.52. The Morgan fingerprint density at radius 3 is 2.35 bits per heavy atom. The van der Waals surface area contributed by atoms with Gasteiger partial charge in [-0.3, -0.25) is 4.79 Å². The number of hydrogen-bond acceptors (Lipinski definition) is 3. The first-order chi connectivity index (χ1) is 7.81. The predicted octanol–water partition coefficient (Wildman–Crippen LogP) is 0.273. The topological polar surface area (TPSA) is 86.7 Å². The molecule has 0 aromatic heterocycles. The van der Waals surface area contributed by atoms with Crippen LogP contribution in [0.5, 0.6) is 0 Å². The number of nitrogens with zero attached hydrogens (tertiary/aromatic N) is 1. The second-order valence-corrected chi connectivity index (χ2v) is 6.56. The van der Waals surface area contributed by atoms with Crippen LogP contribution in [0.1, 0.15) is 26.7 Å². The van der Waals surface area contributed by atoms with E-state index in [1.165, 1.54) is 4.31 Å². The highest BCUT2D eigenvalue weighted by Crippen LogP contribution is 2.22. The number of aliphatic carboxylic acids is 1. The SMILES string of the molecule is CC1CC(C)CN(S(=O)(=O)NCCC(=O)O)C1. The van der Waals surface area contributed by atoms with Crippen LogP contribution in [0.4, 0.5) is 0 Å². The molecule has 0 aromatic rings. The summed E-state index contributed by atoms with van der Waals surface area (Å²) in [6, 6.07) is 0. The van der Waals surface area contributed by atoms with Crippen LogP contribution in [0.15, 0.2) is 0 Å². The van der Waals surface area contributed by atoms with Gasteiger partial charge in [-0.25, -0.2) is 4.72 Å². The third kappa shape index (κ3) is 4.61. The number of carboxylic acid groups (broad SMARTS) is 1. The van der Waals surface area contributed by atoms with Crippen LogP contribution in [0.25, 0.3) is 0 Å². The van der Waals surface area contributed by atoms with Gasteiger partial charge in [0.15, 0.2) is 0 Å². The fourth-order valence-corrected chi connectivity index (χ4v) is 3.62. The second-order valence-electron chi connectivity index (χ2n) is 4.81. The summed E-state index contributed by atoms with van der Waals surface area (Å²) in [6.45, 7) is 5.00. The van der Waals surface area contributed by atoms with Crippen molar-refractivity contribution < 1.29 is 18.3 Å². The van der Waals surface area contributed by atoms with Crippen molar-refractivity contribution in [2.24, 2.45) is 11.8 Å². The molecular weight excluding hydrogens is 244 g/mol. The molecule has 17 heavy (non-hydrogen) atoms. The van der Waals surface area contributed by atoms with E-state index in [9.17, 15) is 13.2 Å². The maximum absolute atomic E-state index is 11.9. The van der Waals surface area contributed by atoms with Gasteiger partial charge in [-0.05, 0) is 18.3 Å². The van der Waals surface area contributed by atoms with Crippen LogP contribution >= 0.6 is 0 Å². The van der Waals surface area contributed by atoms with Gasteiger partial charge in [0.2, 0.25) is 0 Å². The van der Waals surface area contributed by atoms with Crippen molar-refractivity contribution in [2.45, 2.75) is 26.7 Å². The average Bonchev–Trinajstić information content (AvgIpc) is 2.14. The van der Waals surface area contributed by atoms with E-state index >= 15 is 0 Å². The fourth-order valence-electron chi connectivity index (χ4n) is 2.18. The molecular formula is C10H20N2O4S. The molecule has 6 nitrogen and oxygen atoms in total. The van der Waals surface area contributed by atoms with Crippen molar-refractivity contribution in [3.8, 4) is 0 Å². The average molecular weight is 264 g/mol. The van der Waals surface area contributed by atoms with Crippen molar-refractivity contribution in [1.82, 2.24) is 9.03 Å². The molecule has 1 rings (SSSR count). The molecule has 0 aliphatic carbocycles. The summed E-state index contributed by atoms with van der Waals surface area (Å²) in [5, 5.41) is 8.46. The third-order valence-electron chi connectivity index (χ3n) is 2.80. The summed E-state index contributed by atoms with van der Waals surface area (Å²) in [7, 11) is -3.52. The van der Waals surface area contributed by atoms with E-state index in [1.807, 2.05) is 13.8 Å². The Bertz CT molecular complexity index is 359. The molecule has 2 N–H and O–H groups in total. The highest BCUT2D eigenvalue weighted by atomic mass is 32.2. The van der Waals surface area contributed by atoms with Crippen LogP contribution in [-0.2, 0) is 15.0 Å². The number of hydrogen-bond donors (Lipinski definition) is 2. The lowest BCUT2D eigenvalue weighted by Crippen LogP contribution is -2.48. The van der Waals surface area contributed by atoms with Gasteiger partial charge in [0.1, 0.15) is 0 Å². The van der Waals surface area contributed by atoms with E-state index in [2.05, 4.69) is 4.72 Å². The maximum atomic E-state index is 11.9. The van der Waals surface area contributed by atoms with Gasteiger partial charge in [0.25, 0.3) is 10.2 Å². The summed E-state index contributed by atoms with van der Waals surface area (Å²) >= 11 is 0. The Balaban J connectivity index is 2.54. The molecule has 0 saturated carbocycles. The Labute approximate surface area is 102 Å². The minimum Gasteiger partial charge on any atom is -0.481 e. The van der Waals surface area contributed by atoms with Crippen molar-refractivity contribution >= 4 is 16.2 Å². The quantitative estimate of drug-likeness (QED) is 0.746. The van der Waals surface area contributed by atoms with Gasteiger partial charge in [-0.2, -0.15) is 12.7 Å². The van der Waals surface area contributed by atoms with E-state index < -0.39 is 16.2 Å². The van der Waals surface area contributed by atoms with Gasteiger partial charge in [-0.15, -0.1) is 0 Å². The maximum Gasteiger partial charge on any atom is 0.304 e. The molecule has 100 valence electrons. The molecule has 2 atom stereocenters. The van der Waals surface area contributed by atoms with Crippen LogP contribution < -0.4 is 4.72 Å². The number of carbonyl (C=O) groups is 1. The summed E-state index contributed by atoms with van der Waals surface area (Å²) in [5.74, 6) is -0.322. The molecule has 1 aliphatic heterocycles. The Morgan fingerprint density at radius 1 is 1.35 bits per heavy atom. The van der Waals surface area contributed by atoms with Crippen LogP contribution in [0, 0.1) is 11.8 Å². The fraction of sp³-hybridized carbons (Fsp3) is 0.900. The van der Waals surface area contributed by atoms with Crippen LogP contribution in [-0.4, -0.2) is 43.4 Å². The van der Waals surface area contributed by atoms with Gasteiger partial charge in [0, 0.05) is 19.6 Å². The summed E-state index contributed by atoms with van der Waals surface area (Å²) in [4.78, 5) is 10.3. The monoisotopic (exact) mass is 264 g/mol. The highest BCUT2D eigenvalue weighted by Gasteiger charge is 2.29. The van der Waals surface area contributed by atoms with Crippen molar-refractivity contribution in [3.05, 3.63) is 0 Å². The van der Waals surface area contributed by atoms with E-state index in [0.29, 0.717) is 24.9 Å². The summed E-state index contributed by atoms with van der Waals surface area (Å²) < 4.78 is 27.5. The number of piperidine rings is 1. The first-order valence-corrected chi connectivity index (χ1v) is 7.22. The zero-order valence-corrected chi connectivity index (χ0v) is 11.0. The lowest BCUT2D eigenvalue weighted by molar-refractivity contribution is -0.136. The smallest absolute Gasteiger partial charge is 0.304 e. The van der Waals surface area contributed by atoms with E-state index in [-0.39, 0.29) is 13.0 Å². The Hall–Kier alpha value is -0.660. The zero-order chi connectivity index (χ0) is 13.1. The Kier molecular flexibility index (Phi) is 4.91. The van der Waals surface area contributed by atoms with E-state index in [0.717, 1.165) is 6.42 Å². The summed E-state index contributed by atoms with van der Waals surface area (Å²) in [5.41, 5.74) is 0. The van der Waals surface area contributed by atoms with Crippen molar-refractivity contribution in [3.63, 3.8) is 0 Å². The Morgan fingerprint density at radius 2 is 1.88 bits per heavy atom. The zero-order valence-electron chi connectivity index (χ0n) is 10.2.